The lowest BCUT2D eigenvalue weighted by atomic mass is 10.0. The number of nitrogens with one attached hydrogen (secondary N) is 1. The van der Waals surface area contributed by atoms with Gasteiger partial charge < -0.3 is 5.32 Å². The third-order valence-corrected chi connectivity index (χ3v) is 4.37. The van der Waals surface area contributed by atoms with E-state index in [-0.39, 0.29) is 0 Å². The van der Waals surface area contributed by atoms with Crippen LogP contribution in [0.4, 0.5) is 0 Å². The van der Waals surface area contributed by atoms with Gasteiger partial charge in [-0.25, -0.2) is 0 Å². The molecule has 0 radical (unpaired) electrons. The Kier molecular flexibility index (Phi) is 6.12. The van der Waals surface area contributed by atoms with E-state index in [1.54, 1.807) is 0 Å². The summed E-state index contributed by atoms with van der Waals surface area (Å²) in [6, 6.07) is 15.8. The lowest BCUT2D eigenvalue weighted by Crippen LogP contribution is -2.29. The van der Waals surface area contributed by atoms with Gasteiger partial charge in [-0.3, -0.25) is 0 Å². The summed E-state index contributed by atoms with van der Waals surface area (Å²) in [4.78, 5) is 1.50. The minimum atomic E-state index is 0.632. The normalized spacial score (nSPS) is 12.5. The Labute approximate surface area is 120 Å². The summed E-state index contributed by atoms with van der Waals surface area (Å²) < 4.78 is 0. The first-order chi connectivity index (χ1) is 9.38. The van der Waals surface area contributed by atoms with Crippen LogP contribution < -0.4 is 5.32 Å². The van der Waals surface area contributed by atoms with Crippen molar-refractivity contribution >= 4 is 11.3 Å². The van der Waals surface area contributed by atoms with E-state index in [1.807, 2.05) is 11.3 Å². The van der Waals surface area contributed by atoms with Crippen molar-refractivity contribution in [2.75, 3.05) is 6.54 Å². The number of hydrogen-bond donors (Lipinski definition) is 1. The van der Waals surface area contributed by atoms with Crippen LogP contribution in [-0.2, 0) is 12.8 Å². The minimum Gasteiger partial charge on any atom is -0.314 e. The Bertz CT molecular complexity index is 436. The van der Waals surface area contributed by atoms with E-state index < -0.39 is 0 Å². The molecule has 19 heavy (non-hydrogen) atoms. The SMILES string of the molecule is CCNC(CCc1ccccc1)CCc1cccs1. The van der Waals surface area contributed by atoms with Gasteiger partial charge in [-0.15, -0.1) is 11.3 Å². The molecule has 0 bridgehead atoms. The van der Waals surface area contributed by atoms with E-state index in [2.05, 4.69) is 60.1 Å². The molecule has 0 aliphatic heterocycles. The zero-order valence-electron chi connectivity index (χ0n) is 11.6. The fraction of sp³-hybridized carbons (Fsp3) is 0.412. The van der Waals surface area contributed by atoms with E-state index in [4.69, 9.17) is 0 Å². The first-order valence-electron chi connectivity index (χ1n) is 7.18. The number of benzene rings is 1. The van der Waals surface area contributed by atoms with Gasteiger partial charge in [0.15, 0.2) is 0 Å². The monoisotopic (exact) mass is 273 g/mol. The first-order valence-corrected chi connectivity index (χ1v) is 8.06. The molecule has 0 spiro atoms. The summed E-state index contributed by atoms with van der Waals surface area (Å²) in [5.74, 6) is 0. The standard InChI is InChI=1S/C17H23NS/c1-2-18-16(12-13-17-9-6-14-19-17)11-10-15-7-4-3-5-8-15/h3-9,14,16,18H,2,10-13H2,1H3. The van der Waals surface area contributed by atoms with Crippen molar-refractivity contribution in [2.24, 2.45) is 0 Å². The number of rotatable bonds is 8. The fourth-order valence-corrected chi connectivity index (χ4v) is 3.12. The molecule has 1 aromatic carbocycles. The number of aryl methyl sites for hydroxylation is 2. The highest BCUT2D eigenvalue weighted by Crippen LogP contribution is 2.14. The summed E-state index contributed by atoms with van der Waals surface area (Å²) in [6.45, 7) is 3.25. The van der Waals surface area contributed by atoms with E-state index in [1.165, 1.54) is 36.1 Å². The van der Waals surface area contributed by atoms with Crippen LogP contribution in [0.15, 0.2) is 47.8 Å². The molecule has 2 rings (SSSR count). The van der Waals surface area contributed by atoms with Crippen molar-refractivity contribution < 1.29 is 0 Å². The Balaban J connectivity index is 1.78. The second kappa shape index (κ2) is 8.13. The van der Waals surface area contributed by atoms with Crippen molar-refractivity contribution in [3.8, 4) is 0 Å². The van der Waals surface area contributed by atoms with Gasteiger partial charge in [0.05, 0.1) is 0 Å². The number of hydrogen-bond acceptors (Lipinski definition) is 2. The largest absolute Gasteiger partial charge is 0.314 e. The Morgan fingerprint density at radius 2 is 1.79 bits per heavy atom. The molecule has 102 valence electrons. The third kappa shape index (κ3) is 5.17. The Morgan fingerprint density at radius 3 is 2.47 bits per heavy atom. The summed E-state index contributed by atoms with van der Waals surface area (Å²) in [5, 5.41) is 5.79. The average Bonchev–Trinajstić information content (AvgIpc) is 2.96. The topological polar surface area (TPSA) is 12.0 Å². The summed E-state index contributed by atoms with van der Waals surface area (Å²) in [5.41, 5.74) is 1.45. The van der Waals surface area contributed by atoms with Crippen LogP contribution in [0.3, 0.4) is 0 Å². The molecule has 0 saturated carbocycles. The molecule has 1 N–H and O–H groups in total. The molecule has 2 heteroatoms. The highest BCUT2D eigenvalue weighted by atomic mass is 32.1. The van der Waals surface area contributed by atoms with Crippen LogP contribution in [0.5, 0.6) is 0 Å². The maximum atomic E-state index is 3.62. The maximum Gasteiger partial charge on any atom is 0.00735 e. The van der Waals surface area contributed by atoms with Gasteiger partial charge in [-0.05, 0) is 49.2 Å². The third-order valence-electron chi connectivity index (χ3n) is 3.44. The molecule has 1 atom stereocenters. The quantitative estimate of drug-likeness (QED) is 0.756. The van der Waals surface area contributed by atoms with E-state index in [0.29, 0.717) is 6.04 Å². The molecular weight excluding hydrogens is 250 g/mol. The second-order valence-electron chi connectivity index (χ2n) is 4.90. The Hall–Kier alpha value is -1.12. The van der Waals surface area contributed by atoms with Crippen molar-refractivity contribution in [3.63, 3.8) is 0 Å². The molecule has 2 aromatic rings. The fourth-order valence-electron chi connectivity index (χ4n) is 2.39. The smallest absolute Gasteiger partial charge is 0.00735 e. The highest BCUT2D eigenvalue weighted by Gasteiger charge is 2.08. The van der Waals surface area contributed by atoms with E-state index in [0.717, 1.165) is 6.54 Å². The van der Waals surface area contributed by atoms with Crippen molar-refractivity contribution in [2.45, 2.75) is 38.6 Å². The second-order valence-corrected chi connectivity index (χ2v) is 5.93. The molecule has 0 amide bonds. The molecule has 1 nitrogen and oxygen atoms in total. The van der Waals surface area contributed by atoms with Crippen molar-refractivity contribution in [1.82, 2.24) is 5.32 Å². The molecule has 0 aliphatic rings. The average molecular weight is 273 g/mol. The first kappa shape index (κ1) is 14.3. The van der Waals surface area contributed by atoms with E-state index in [9.17, 15) is 0 Å². The van der Waals surface area contributed by atoms with Gasteiger partial charge >= 0.3 is 0 Å². The predicted molar refractivity (Wildman–Crippen MR) is 84.9 cm³/mol. The molecule has 0 aliphatic carbocycles. The summed E-state index contributed by atoms with van der Waals surface area (Å²) in [6.07, 6.45) is 4.83. The molecule has 1 aromatic heterocycles. The molecular formula is C17H23NS. The van der Waals surface area contributed by atoms with Crippen LogP contribution in [0.1, 0.15) is 30.2 Å². The van der Waals surface area contributed by atoms with Gasteiger partial charge in [-0.1, -0.05) is 43.3 Å². The van der Waals surface area contributed by atoms with Crippen LogP contribution in [0.25, 0.3) is 0 Å². The maximum absolute atomic E-state index is 3.62. The van der Waals surface area contributed by atoms with Gasteiger partial charge in [0.25, 0.3) is 0 Å². The molecule has 1 heterocycles. The lowest BCUT2D eigenvalue weighted by Gasteiger charge is -2.17. The van der Waals surface area contributed by atoms with Gasteiger partial charge in [0.2, 0.25) is 0 Å². The van der Waals surface area contributed by atoms with Crippen LogP contribution in [0.2, 0.25) is 0 Å². The van der Waals surface area contributed by atoms with Gasteiger partial charge in [-0.2, -0.15) is 0 Å². The lowest BCUT2D eigenvalue weighted by molar-refractivity contribution is 0.465. The number of thiophene rings is 1. The van der Waals surface area contributed by atoms with Crippen LogP contribution in [-0.4, -0.2) is 12.6 Å². The van der Waals surface area contributed by atoms with Gasteiger partial charge in [0, 0.05) is 10.9 Å². The predicted octanol–water partition coefficient (Wildman–Crippen LogP) is 4.29. The molecule has 1 unspecified atom stereocenters. The summed E-state index contributed by atoms with van der Waals surface area (Å²) in [7, 11) is 0. The van der Waals surface area contributed by atoms with E-state index >= 15 is 0 Å². The van der Waals surface area contributed by atoms with Crippen molar-refractivity contribution in [1.29, 1.82) is 0 Å². The van der Waals surface area contributed by atoms with Gasteiger partial charge in [0.1, 0.15) is 0 Å². The van der Waals surface area contributed by atoms with Crippen LogP contribution >= 0.6 is 11.3 Å². The summed E-state index contributed by atoms with van der Waals surface area (Å²) >= 11 is 1.87. The Morgan fingerprint density at radius 1 is 1.00 bits per heavy atom. The molecule has 0 saturated heterocycles. The zero-order chi connectivity index (χ0) is 13.3. The molecule has 0 fully saturated rings. The zero-order valence-corrected chi connectivity index (χ0v) is 12.5. The minimum absolute atomic E-state index is 0.632. The van der Waals surface area contributed by atoms with Crippen molar-refractivity contribution in [3.05, 3.63) is 58.3 Å². The van der Waals surface area contributed by atoms with Crippen LogP contribution in [0, 0.1) is 0 Å². The highest BCUT2D eigenvalue weighted by molar-refractivity contribution is 7.09.